The summed E-state index contributed by atoms with van der Waals surface area (Å²) in [6.07, 6.45) is 2.64. The third kappa shape index (κ3) is 5.82. The summed E-state index contributed by atoms with van der Waals surface area (Å²) >= 11 is 0. The number of aliphatic imine (C=N–C) groups is 1. The molecule has 0 saturated carbocycles. The second-order valence-corrected chi connectivity index (χ2v) is 5.33. The Hall–Kier alpha value is -1.36. The molecule has 1 aliphatic heterocycles. The van der Waals surface area contributed by atoms with Gasteiger partial charge in [-0.1, -0.05) is 0 Å². The average molecular weight is 253 g/mol. The van der Waals surface area contributed by atoms with Gasteiger partial charge in [-0.05, 0) is 33.6 Å². The molecule has 1 rings (SSSR count). The minimum atomic E-state index is -0.442. The number of nitrogens with one attached hydrogen (secondary N) is 1. The molecular weight excluding hydrogens is 230 g/mol. The molecular formula is C13H23N3O2. The Balaban J connectivity index is 2.17. The summed E-state index contributed by atoms with van der Waals surface area (Å²) in [5, 5.41) is 2.75. The van der Waals surface area contributed by atoms with E-state index in [1.165, 1.54) is 0 Å². The largest absolute Gasteiger partial charge is 0.444 e. The van der Waals surface area contributed by atoms with Crippen molar-refractivity contribution >= 4 is 12.8 Å². The fourth-order valence-corrected chi connectivity index (χ4v) is 1.68. The number of ether oxygens (including phenoxy) is 1. The van der Waals surface area contributed by atoms with Crippen LogP contribution in [-0.2, 0) is 4.74 Å². The van der Waals surface area contributed by atoms with E-state index in [1.54, 1.807) is 0 Å². The van der Waals surface area contributed by atoms with Crippen molar-refractivity contribution in [1.29, 1.82) is 0 Å². The van der Waals surface area contributed by atoms with Gasteiger partial charge in [0.2, 0.25) is 0 Å². The van der Waals surface area contributed by atoms with Gasteiger partial charge < -0.3 is 10.1 Å². The Labute approximate surface area is 109 Å². The molecule has 5 nitrogen and oxygen atoms in total. The first-order valence-electron chi connectivity index (χ1n) is 6.25. The maximum absolute atomic E-state index is 11.4. The maximum atomic E-state index is 11.4. The summed E-state index contributed by atoms with van der Waals surface area (Å²) in [5.41, 5.74) is 0.619. The molecule has 0 unspecified atom stereocenters. The zero-order chi connectivity index (χ0) is 13.6. The van der Waals surface area contributed by atoms with Gasteiger partial charge in [0.1, 0.15) is 5.60 Å². The van der Waals surface area contributed by atoms with Gasteiger partial charge in [0.05, 0.1) is 0 Å². The Bertz CT molecular complexity index is 332. The van der Waals surface area contributed by atoms with E-state index in [4.69, 9.17) is 4.74 Å². The predicted molar refractivity (Wildman–Crippen MR) is 72.9 cm³/mol. The molecule has 0 atom stereocenters. The van der Waals surface area contributed by atoms with E-state index >= 15 is 0 Å². The van der Waals surface area contributed by atoms with Crippen LogP contribution in [0.25, 0.3) is 0 Å². The van der Waals surface area contributed by atoms with Crippen LogP contribution in [-0.4, -0.2) is 49.5 Å². The summed E-state index contributed by atoms with van der Waals surface area (Å²) in [4.78, 5) is 17.6. The molecule has 0 aromatic heterocycles. The van der Waals surface area contributed by atoms with Gasteiger partial charge in [0.25, 0.3) is 0 Å². The van der Waals surface area contributed by atoms with Crippen molar-refractivity contribution in [2.45, 2.75) is 32.8 Å². The molecule has 1 heterocycles. The lowest BCUT2D eigenvalue weighted by atomic mass is 10.2. The van der Waals surface area contributed by atoms with Gasteiger partial charge in [0, 0.05) is 38.3 Å². The standard InChI is InChI=1S/C13H23N3O2/c1-13(2,3)18-12(17)15-7-10-16-8-5-11(14-4)6-9-16/h5H,4,6-10H2,1-3H3,(H,15,17). The first-order chi connectivity index (χ1) is 8.40. The van der Waals surface area contributed by atoms with Crippen molar-refractivity contribution < 1.29 is 9.53 Å². The second-order valence-electron chi connectivity index (χ2n) is 5.33. The quantitative estimate of drug-likeness (QED) is 0.777. The van der Waals surface area contributed by atoms with Crippen LogP contribution in [0.1, 0.15) is 27.2 Å². The highest BCUT2D eigenvalue weighted by molar-refractivity contribution is 5.67. The first kappa shape index (κ1) is 14.7. The predicted octanol–water partition coefficient (Wildman–Crippen LogP) is 1.80. The number of carbonyl (C=O) groups excluding carboxylic acids is 1. The topological polar surface area (TPSA) is 53.9 Å². The minimum Gasteiger partial charge on any atom is -0.444 e. The van der Waals surface area contributed by atoms with Gasteiger partial charge in [-0.25, -0.2) is 4.79 Å². The molecule has 1 N–H and O–H groups in total. The van der Waals surface area contributed by atoms with Crippen molar-refractivity contribution in [3.63, 3.8) is 0 Å². The highest BCUT2D eigenvalue weighted by atomic mass is 16.6. The third-order valence-electron chi connectivity index (χ3n) is 2.57. The van der Waals surface area contributed by atoms with Gasteiger partial charge in [-0.3, -0.25) is 9.89 Å². The van der Waals surface area contributed by atoms with Crippen molar-refractivity contribution in [2.24, 2.45) is 4.99 Å². The average Bonchev–Trinajstić information content (AvgIpc) is 2.27. The number of carbonyl (C=O) groups is 1. The molecule has 0 radical (unpaired) electrons. The smallest absolute Gasteiger partial charge is 0.407 e. The van der Waals surface area contributed by atoms with Crippen LogP contribution in [0.15, 0.2) is 16.8 Å². The Morgan fingerprint density at radius 2 is 2.33 bits per heavy atom. The number of alkyl carbamates (subject to hydrolysis) is 1. The zero-order valence-electron chi connectivity index (χ0n) is 11.5. The van der Waals surface area contributed by atoms with Gasteiger partial charge in [0.15, 0.2) is 0 Å². The molecule has 0 fully saturated rings. The number of amides is 1. The number of hydrogen-bond donors (Lipinski definition) is 1. The van der Waals surface area contributed by atoms with Crippen LogP contribution in [0.5, 0.6) is 0 Å². The number of nitrogens with zero attached hydrogens (tertiary/aromatic N) is 2. The molecule has 18 heavy (non-hydrogen) atoms. The van der Waals surface area contributed by atoms with E-state index in [-0.39, 0.29) is 6.09 Å². The molecule has 1 amide bonds. The van der Waals surface area contributed by atoms with Crippen LogP contribution in [0, 0.1) is 0 Å². The summed E-state index contributed by atoms with van der Waals surface area (Å²) in [7, 11) is 0. The summed E-state index contributed by atoms with van der Waals surface area (Å²) in [6.45, 7) is 12.3. The van der Waals surface area contributed by atoms with Crippen LogP contribution in [0.3, 0.4) is 0 Å². The van der Waals surface area contributed by atoms with Crippen molar-refractivity contribution in [3.05, 3.63) is 11.8 Å². The molecule has 102 valence electrons. The van der Waals surface area contributed by atoms with E-state index in [9.17, 15) is 4.79 Å². The second kappa shape index (κ2) is 6.54. The van der Waals surface area contributed by atoms with Crippen LogP contribution in [0.2, 0.25) is 0 Å². The molecule has 0 bridgehead atoms. The van der Waals surface area contributed by atoms with Crippen LogP contribution >= 0.6 is 0 Å². The zero-order valence-corrected chi connectivity index (χ0v) is 11.5. The van der Waals surface area contributed by atoms with E-state index in [2.05, 4.69) is 28.0 Å². The SMILES string of the molecule is C=NC1=CCN(CCNC(=O)OC(C)(C)C)CC1. The molecule has 0 aromatic carbocycles. The monoisotopic (exact) mass is 253 g/mol. The fraction of sp³-hybridized carbons (Fsp3) is 0.692. The Morgan fingerprint density at radius 3 is 2.83 bits per heavy atom. The van der Waals surface area contributed by atoms with Crippen molar-refractivity contribution in [2.75, 3.05) is 26.2 Å². The lowest BCUT2D eigenvalue weighted by molar-refractivity contribution is 0.0522. The third-order valence-corrected chi connectivity index (χ3v) is 2.57. The first-order valence-corrected chi connectivity index (χ1v) is 6.25. The van der Waals surface area contributed by atoms with E-state index in [1.807, 2.05) is 20.8 Å². The van der Waals surface area contributed by atoms with Crippen LogP contribution in [0.4, 0.5) is 4.79 Å². The molecule has 0 spiro atoms. The highest BCUT2D eigenvalue weighted by Crippen LogP contribution is 2.10. The molecule has 0 aliphatic carbocycles. The molecule has 0 saturated heterocycles. The Kier molecular flexibility index (Phi) is 5.34. The van der Waals surface area contributed by atoms with E-state index in [0.717, 1.165) is 31.8 Å². The van der Waals surface area contributed by atoms with Crippen molar-refractivity contribution in [1.82, 2.24) is 10.2 Å². The molecule has 5 heteroatoms. The maximum Gasteiger partial charge on any atom is 0.407 e. The van der Waals surface area contributed by atoms with E-state index < -0.39 is 5.60 Å². The number of hydrogen-bond acceptors (Lipinski definition) is 4. The van der Waals surface area contributed by atoms with Gasteiger partial charge in [-0.2, -0.15) is 0 Å². The van der Waals surface area contributed by atoms with Crippen LogP contribution < -0.4 is 5.32 Å². The summed E-state index contributed by atoms with van der Waals surface area (Å²) in [6, 6.07) is 0. The highest BCUT2D eigenvalue weighted by Gasteiger charge is 2.16. The lowest BCUT2D eigenvalue weighted by Crippen LogP contribution is -2.39. The van der Waals surface area contributed by atoms with Crippen molar-refractivity contribution in [3.8, 4) is 0 Å². The Morgan fingerprint density at radius 1 is 1.61 bits per heavy atom. The summed E-state index contributed by atoms with van der Waals surface area (Å²) in [5.74, 6) is 0. The fourth-order valence-electron chi connectivity index (χ4n) is 1.68. The van der Waals surface area contributed by atoms with E-state index in [0.29, 0.717) is 6.54 Å². The molecule has 1 aliphatic rings. The molecule has 0 aromatic rings. The van der Waals surface area contributed by atoms with Gasteiger partial charge in [-0.15, -0.1) is 0 Å². The normalized spacial score (nSPS) is 16.9. The number of rotatable bonds is 4. The lowest BCUT2D eigenvalue weighted by Gasteiger charge is -2.25. The van der Waals surface area contributed by atoms with Gasteiger partial charge >= 0.3 is 6.09 Å². The summed E-state index contributed by atoms with van der Waals surface area (Å²) < 4.78 is 5.16. The minimum absolute atomic E-state index is 0.358.